The molecule has 2 unspecified atom stereocenters. The van der Waals surface area contributed by atoms with Gasteiger partial charge in [0.1, 0.15) is 11.5 Å². The van der Waals surface area contributed by atoms with Crippen LogP contribution in [0, 0.1) is 0 Å². The van der Waals surface area contributed by atoms with Crippen LogP contribution in [0.5, 0.6) is 11.5 Å². The van der Waals surface area contributed by atoms with Crippen molar-refractivity contribution in [3.05, 3.63) is 94.5 Å². The Bertz CT molecular complexity index is 1350. The van der Waals surface area contributed by atoms with Gasteiger partial charge in [-0.1, -0.05) is 54.1 Å². The van der Waals surface area contributed by atoms with Gasteiger partial charge in [0.15, 0.2) is 0 Å². The molecule has 0 aliphatic carbocycles. The van der Waals surface area contributed by atoms with E-state index in [0.29, 0.717) is 17.4 Å². The lowest BCUT2D eigenvalue weighted by molar-refractivity contribution is -0.115. The van der Waals surface area contributed by atoms with Gasteiger partial charge >= 0.3 is 0 Å². The predicted octanol–water partition coefficient (Wildman–Crippen LogP) is 5.28. The summed E-state index contributed by atoms with van der Waals surface area (Å²) in [4.78, 5) is 17.3. The highest BCUT2D eigenvalue weighted by molar-refractivity contribution is 6.31. The molecule has 2 atom stereocenters. The highest BCUT2D eigenvalue weighted by Gasteiger charge is 2.32. The maximum atomic E-state index is 12.7. The number of nitrogens with zero attached hydrogens (tertiary/aromatic N) is 3. The average molecular weight is 504 g/mol. The summed E-state index contributed by atoms with van der Waals surface area (Å²) in [5, 5.41) is 11.6. The molecule has 5 rings (SSSR count). The lowest BCUT2D eigenvalue weighted by Crippen LogP contribution is -2.28. The van der Waals surface area contributed by atoms with E-state index in [-0.39, 0.29) is 30.4 Å². The molecule has 1 aliphatic heterocycles. The van der Waals surface area contributed by atoms with Crippen molar-refractivity contribution in [2.24, 2.45) is 0 Å². The van der Waals surface area contributed by atoms with E-state index in [0.717, 1.165) is 28.2 Å². The molecule has 9 heteroatoms. The van der Waals surface area contributed by atoms with Crippen molar-refractivity contribution in [3.8, 4) is 11.5 Å². The number of benzene rings is 3. The van der Waals surface area contributed by atoms with Gasteiger partial charge in [0.2, 0.25) is 11.9 Å². The number of rotatable bonds is 7. The number of hydrogen-bond acceptors (Lipinski definition) is 6. The van der Waals surface area contributed by atoms with Gasteiger partial charge in [0, 0.05) is 5.02 Å². The van der Waals surface area contributed by atoms with Crippen LogP contribution in [0.2, 0.25) is 5.02 Å². The summed E-state index contributed by atoms with van der Waals surface area (Å²) in [5.74, 6) is 2.13. The molecular weight excluding hydrogens is 478 g/mol. The molecule has 1 aromatic heterocycles. The Morgan fingerprint density at radius 3 is 2.36 bits per heavy atom. The number of ether oxygens (including phenoxy) is 2. The predicted molar refractivity (Wildman–Crippen MR) is 139 cm³/mol. The summed E-state index contributed by atoms with van der Waals surface area (Å²) in [5.41, 5.74) is 2.90. The number of carbonyl (C=O) groups excluding carboxylic acids is 1. The van der Waals surface area contributed by atoms with E-state index < -0.39 is 0 Å². The van der Waals surface area contributed by atoms with Crippen molar-refractivity contribution in [1.82, 2.24) is 14.8 Å². The minimum absolute atomic E-state index is 0.0308. The molecule has 4 aromatic rings. The fraction of sp³-hybridized carbons (Fsp3) is 0.222. The number of aromatic nitrogens is 3. The molecule has 0 radical (unpaired) electrons. The summed E-state index contributed by atoms with van der Waals surface area (Å²) in [6.07, 6.45) is 0.898. The number of methoxy groups -OCH3 is 2. The topological polar surface area (TPSA) is 90.3 Å². The Morgan fingerprint density at radius 2 is 1.69 bits per heavy atom. The lowest BCUT2D eigenvalue weighted by Gasteiger charge is -2.32. The van der Waals surface area contributed by atoms with Crippen molar-refractivity contribution < 1.29 is 14.3 Å². The van der Waals surface area contributed by atoms with Crippen molar-refractivity contribution >= 4 is 29.4 Å². The lowest BCUT2D eigenvalue weighted by atomic mass is 9.93. The van der Waals surface area contributed by atoms with E-state index >= 15 is 0 Å². The molecule has 36 heavy (non-hydrogen) atoms. The molecule has 2 N–H and O–H groups in total. The molecule has 3 aromatic carbocycles. The van der Waals surface area contributed by atoms with Gasteiger partial charge in [-0.15, -0.1) is 5.10 Å². The van der Waals surface area contributed by atoms with E-state index in [9.17, 15) is 4.79 Å². The van der Waals surface area contributed by atoms with Gasteiger partial charge in [-0.05, 0) is 53.4 Å². The van der Waals surface area contributed by atoms with Crippen LogP contribution in [0.4, 0.5) is 11.9 Å². The molecule has 184 valence electrons. The first kappa shape index (κ1) is 23.7. The molecule has 0 saturated carbocycles. The standard InChI is InChI=1S/C27H26ClN5O3/c1-35-19-11-7-17(8-12-19)15-25(34)30-26-31-27-29-23(18-9-13-20(36-2)14-10-18)16-24(33(27)32-26)21-5-3-4-6-22(21)28/h3-14,23-24H,15-16H2,1-2H3,(H2,29,30,31,32,34). The van der Waals surface area contributed by atoms with Crippen molar-refractivity contribution in [2.75, 3.05) is 24.9 Å². The van der Waals surface area contributed by atoms with Crippen LogP contribution < -0.4 is 20.1 Å². The summed E-state index contributed by atoms with van der Waals surface area (Å²) >= 11 is 6.58. The van der Waals surface area contributed by atoms with Gasteiger partial charge < -0.3 is 14.8 Å². The fourth-order valence-electron chi connectivity index (χ4n) is 4.39. The third-order valence-corrected chi connectivity index (χ3v) is 6.59. The molecule has 0 bridgehead atoms. The first-order valence-corrected chi connectivity index (χ1v) is 12.0. The van der Waals surface area contributed by atoms with Gasteiger partial charge in [-0.3, -0.25) is 10.1 Å². The van der Waals surface area contributed by atoms with Gasteiger partial charge in [0.05, 0.1) is 32.7 Å². The minimum atomic E-state index is -0.205. The van der Waals surface area contributed by atoms with Crippen molar-refractivity contribution in [2.45, 2.75) is 24.9 Å². The van der Waals surface area contributed by atoms with E-state index in [1.807, 2.05) is 72.8 Å². The van der Waals surface area contributed by atoms with Crippen LogP contribution in [0.1, 0.15) is 35.2 Å². The zero-order chi connectivity index (χ0) is 25.1. The second-order valence-electron chi connectivity index (χ2n) is 8.52. The maximum Gasteiger partial charge on any atom is 0.250 e. The van der Waals surface area contributed by atoms with Crippen LogP contribution in [0.3, 0.4) is 0 Å². The van der Waals surface area contributed by atoms with Gasteiger partial charge in [0.25, 0.3) is 5.95 Å². The Kier molecular flexibility index (Phi) is 6.77. The molecule has 0 fully saturated rings. The van der Waals surface area contributed by atoms with Crippen LogP contribution in [-0.4, -0.2) is 34.9 Å². The third-order valence-electron chi connectivity index (χ3n) is 6.25. The summed E-state index contributed by atoms with van der Waals surface area (Å²) in [7, 11) is 3.26. The van der Waals surface area contributed by atoms with Crippen LogP contribution >= 0.6 is 11.6 Å². The highest BCUT2D eigenvalue weighted by atomic mass is 35.5. The molecule has 1 amide bonds. The van der Waals surface area contributed by atoms with Crippen molar-refractivity contribution in [1.29, 1.82) is 0 Å². The van der Waals surface area contributed by atoms with Crippen LogP contribution in [-0.2, 0) is 11.2 Å². The van der Waals surface area contributed by atoms with Gasteiger partial charge in [-0.2, -0.15) is 4.98 Å². The van der Waals surface area contributed by atoms with E-state index in [4.69, 9.17) is 21.1 Å². The second kappa shape index (κ2) is 10.3. The van der Waals surface area contributed by atoms with Crippen molar-refractivity contribution in [3.63, 3.8) is 0 Å². The molecule has 8 nitrogen and oxygen atoms in total. The number of carbonyl (C=O) groups is 1. The quantitative estimate of drug-likeness (QED) is 0.357. The van der Waals surface area contributed by atoms with Gasteiger partial charge in [-0.25, -0.2) is 4.68 Å². The monoisotopic (exact) mass is 503 g/mol. The highest BCUT2D eigenvalue weighted by Crippen LogP contribution is 2.40. The largest absolute Gasteiger partial charge is 0.497 e. The number of halogens is 1. The van der Waals surface area contributed by atoms with E-state index in [2.05, 4.69) is 20.7 Å². The first-order valence-electron chi connectivity index (χ1n) is 11.6. The second-order valence-corrected chi connectivity index (χ2v) is 8.93. The SMILES string of the molecule is COc1ccc(CC(=O)Nc2nc3n(n2)C(c2ccccc2Cl)CC(c2ccc(OC)cc2)N3)cc1. The molecule has 0 spiro atoms. The maximum absolute atomic E-state index is 12.7. The van der Waals surface area contributed by atoms with E-state index in [1.54, 1.807) is 18.9 Å². The third kappa shape index (κ3) is 4.99. The summed E-state index contributed by atoms with van der Waals surface area (Å²) < 4.78 is 12.3. The first-order chi connectivity index (χ1) is 17.5. The molecule has 0 saturated heterocycles. The Morgan fingerprint density at radius 1 is 1.03 bits per heavy atom. The molecular formula is C27H26ClN5O3. The van der Waals surface area contributed by atoms with E-state index in [1.165, 1.54) is 0 Å². The fourth-order valence-corrected chi connectivity index (χ4v) is 4.65. The average Bonchev–Trinajstić information content (AvgIpc) is 3.31. The zero-order valence-corrected chi connectivity index (χ0v) is 20.7. The number of fused-ring (bicyclic) bond motifs is 1. The minimum Gasteiger partial charge on any atom is -0.497 e. The number of hydrogen-bond donors (Lipinski definition) is 2. The summed E-state index contributed by atoms with van der Waals surface area (Å²) in [6.45, 7) is 0. The Labute approximate surface area is 214 Å². The molecule has 1 aliphatic rings. The van der Waals surface area contributed by atoms with Crippen LogP contribution in [0.15, 0.2) is 72.8 Å². The normalized spacial score (nSPS) is 16.5. The smallest absolute Gasteiger partial charge is 0.250 e. The Hall–Kier alpha value is -4.04. The number of amides is 1. The molecule has 2 heterocycles. The number of anilines is 2. The number of nitrogens with one attached hydrogen (secondary N) is 2. The zero-order valence-electron chi connectivity index (χ0n) is 19.9. The van der Waals surface area contributed by atoms with Crippen LogP contribution in [0.25, 0.3) is 0 Å². The Balaban J connectivity index is 1.41. The summed E-state index contributed by atoms with van der Waals surface area (Å²) in [6, 6.07) is 22.8.